The van der Waals surface area contributed by atoms with Gasteiger partial charge in [-0.05, 0) is 60.7 Å². The monoisotopic (exact) mass is 650 g/mol. The highest BCUT2D eigenvalue weighted by atomic mass is 35.5. The molecule has 2 aromatic carbocycles. The minimum Gasteiger partial charge on any atom is -0.436 e. The predicted molar refractivity (Wildman–Crippen MR) is 174 cm³/mol. The summed E-state index contributed by atoms with van der Waals surface area (Å²) >= 11 is 12.4. The molecule has 3 aliphatic heterocycles. The highest BCUT2D eigenvalue weighted by Gasteiger charge is 2.35. The number of pyridine rings is 1. The minimum atomic E-state index is -1.02. The topological polar surface area (TPSA) is 98.3 Å². The number of piperazine rings is 1. The third-order valence-electron chi connectivity index (χ3n) is 8.85. The second kappa shape index (κ2) is 14.0. The molecule has 0 radical (unpaired) electrons. The van der Waals surface area contributed by atoms with E-state index in [1.54, 1.807) is 40.4 Å². The molecule has 236 valence electrons. The molecule has 3 aliphatic rings. The molecular weight excluding hydrogens is 615 g/mol. The van der Waals surface area contributed by atoms with Gasteiger partial charge in [-0.2, -0.15) is 0 Å². The average molecular weight is 652 g/mol. The van der Waals surface area contributed by atoms with Crippen molar-refractivity contribution in [3.63, 3.8) is 0 Å². The highest BCUT2D eigenvalue weighted by molar-refractivity contribution is 6.42. The molecule has 12 heteroatoms. The second-order valence-electron chi connectivity index (χ2n) is 11.6. The average Bonchev–Trinajstić information content (AvgIpc) is 3.24. The molecule has 45 heavy (non-hydrogen) atoms. The fourth-order valence-corrected chi connectivity index (χ4v) is 6.62. The quantitative estimate of drug-likeness (QED) is 0.387. The lowest BCUT2D eigenvalue weighted by Gasteiger charge is -2.39. The molecular formula is C33H36Cl2N6O4. The summed E-state index contributed by atoms with van der Waals surface area (Å²) in [5, 5.41) is 3.82. The van der Waals surface area contributed by atoms with Gasteiger partial charge in [0.05, 0.1) is 10.0 Å². The van der Waals surface area contributed by atoms with Crippen LogP contribution >= 0.6 is 23.2 Å². The Bertz CT molecular complexity index is 1530. The molecule has 4 amide bonds. The maximum absolute atomic E-state index is 13.8. The number of nitrogens with one attached hydrogen (secondary N) is 1. The molecule has 1 N–H and O–H groups in total. The largest absolute Gasteiger partial charge is 0.436 e. The summed E-state index contributed by atoms with van der Waals surface area (Å²) in [7, 11) is 0. The van der Waals surface area contributed by atoms with Crippen molar-refractivity contribution in [3.05, 3.63) is 88.2 Å². The number of fused-ring (bicyclic) bond motifs is 1. The van der Waals surface area contributed by atoms with Crippen LogP contribution in [0.2, 0.25) is 10.0 Å². The summed E-state index contributed by atoms with van der Waals surface area (Å²) in [4.78, 5) is 51.9. The van der Waals surface area contributed by atoms with Gasteiger partial charge in [0.1, 0.15) is 0 Å². The number of urea groups is 1. The standard InChI is InChI=1S/C33H36Cl2N6O4/c34-27-6-5-23(21-28(27)35)22-30(31(42)39-19-17-38(18-20-39)25-7-12-36-13-8-25)45-33(44)40-14-10-26(11-15-40)41-16-9-24-3-1-2-4-29(24)37-32(41)43/h1-8,12-13,21,26,30H,9-11,14-20,22H2,(H,37,43)/t30-/m1/s1. The van der Waals surface area contributed by atoms with E-state index < -0.39 is 12.2 Å². The Kier molecular flexibility index (Phi) is 9.61. The molecule has 1 aromatic heterocycles. The molecule has 3 aromatic rings. The Labute approximate surface area is 272 Å². The van der Waals surface area contributed by atoms with Gasteiger partial charge in [0, 0.05) is 82.0 Å². The van der Waals surface area contributed by atoms with Crippen LogP contribution in [-0.2, 0) is 22.4 Å². The predicted octanol–water partition coefficient (Wildman–Crippen LogP) is 5.34. The number of benzene rings is 2. The van der Waals surface area contributed by atoms with Gasteiger partial charge in [-0.15, -0.1) is 0 Å². The summed E-state index contributed by atoms with van der Waals surface area (Å²) in [6, 6.07) is 16.8. The van der Waals surface area contributed by atoms with E-state index in [-0.39, 0.29) is 24.4 Å². The van der Waals surface area contributed by atoms with E-state index in [1.165, 1.54) is 0 Å². The Morgan fingerprint density at radius 1 is 0.889 bits per heavy atom. The number of halogens is 2. The van der Waals surface area contributed by atoms with Crippen molar-refractivity contribution in [2.45, 2.75) is 37.8 Å². The molecule has 4 heterocycles. The van der Waals surface area contributed by atoms with Crippen molar-refractivity contribution in [2.24, 2.45) is 0 Å². The van der Waals surface area contributed by atoms with Gasteiger partial charge in [0.15, 0.2) is 6.10 Å². The normalized spacial score (nSPS) is 18.1. The van der Waals surface area contributed by atoms with E-state index in [0.29, 0.717) is 68.7 Å². The van der Waals surface area contributed by atoms with E-state index in [2.05, 4.69) is 15.2 Å². The van der Waals surface area contributed by atoms with Crippen molar-refractivity contribution in [1.29, 1.82) is 0 Å². The van der Waals surface area contributed by atoms with Crippen LogP contribution in [0.4, 0.5) is 21.0 Å². The number of carbonyl (C=O) groups excluding carboxylic acids is 3. The number of amides is 4. The van der Waals surface area contributed by atoms with Crippen LogP contribution in [0.3, 0.4) is 0 Å². The van der Waals surface area contributed by atoms with Crippen LogP contribution < -0.4 is 10.2 Å². The number of para-hydroxylation sites is 1. The summed E-state index contributed by atoms with van der Waals surface area (Å²) in [5.41, 5.74) is 3.77. The third kappa shape index (κ3) is 7.28. The van der Waals surface area contributed by atoms with E-state index in [4.69, 9.17) is 27.9 Å². The molecule has 2 saturated heterocycles. The first-order chi connectivity index (χ1) is 21.9. The summed E-state index contributed by atoms with van der Waals surface area (Å²) in [5.74, 6) is -0.237. The number of likely N-dealkylation sites (tertiary alicyclic amines) is 1. The third-order valence-corrected chi connectivity index (χ3v) is 9.59. The maximum atomic E-state index is 13.8. The van der Waals surface area contributed by atoms with Crippen LogP contribution in [0.15, 0.2) is 67.0 Å². The van der Waals surface area contributed by atoms with E-state index >= 15 is 0 Å². The molecule has 0 unspecified atom stereocenters. The van der Waals surface area contributed by atoms with Gasteiger partial charge in [0.25, 0.3) is 5.91 Å². The molecule has 0 spiro atoms. The van der Waals surface area contributed by atoms with Gasteiger partial charge < -0.3 is 29.7 Å². The van der Waals surface area contributed by atoms with Crippen molar-refractivity contribution < 1.29 is 19.1 Å². The van der Waals surface area contributed by atoms with Gasteiger partial charge >= 0.3 is 12.1 Å². The first kappa shape index (κ1) is 31.0. The van der Waals surface area contributed by atoms with Gasteiger partial charge in [-0.25, -0.2) is 9.59 Å². The van der Waals surface area contributed by atoms with Crippen LogP contribution in [0.5, 0.6) is 0 Å². The number of anilines is 2. The van der Waals surface area contributed by atoms with Crippen LogP contribution in [0, 0.1) is 0 Å². The summed E-state index contributed by atoms with van der Waals surface area (Å²) in [6.07, 6.45) is 4.16. The van der Waals surface area contributed by atoms with Crippen molar-refractivity contribution >= 4 is 52.6 Å². The Hall–Kier alpha value is -4.02. The molecule has 0 aliphatic carbocycles. The summed E-state index contributed by atoms with van der Waals surface area (Å²) in [6.45, 7) is 3.80. The second-order valence-corrected chi connectivity index (χ2v) is 12.4. The summed E-state index contributed by atoms with van der Waals surface area (Å²) < 4.78 is 5.96. The van der Waals surface area contributed by atoms with E-state index in [9.17, 15) is 14.4 Å². The molecule has 10 nitrogen and oxygen atoms in total. The SMILES string of the molecule is O=C(O[C@H](Cc1ccc(Cl)c(Cl)c1)C(=O)N1CCN(c2ccncc2)CC1)N1CCC(N2CCc3ccccc3NC2=O)CC1. The minimum absolute atomic E-state index is 0.00805. The molecule has 0 bridgehead atoms. The van der Waals surface area contributed by atoms with Gasteiger partial charge in [0.2, 0.25) is 0 Å². The zero-order valence-corrected chi connectivity index (χ0v) is 26.4. The zero-order valence-electron chi connectivity index (χ0n) is 24.9. The van der Waals surface area contributed by atoms with Crippen LogP contribution in [0.1, 0.15) is 24.0 Å². The van der Waals surface area contributed by atoms with Gasteiger partial charge in [-0.1, -0.05) is 47.5 Å². The van der Waals surface area contributed by atoms with Crippen molar-refractivity contribution in [1.82, 2.24) is 19.7 Å². The highest BCUT2D eigenvalue weighted by Crippen LogP contribution is 2.27. The van der Waals surface area contributed by atoms with E-state index in [0.717, 1.165) is 28.9 Å². The molecule has 6 rings (SSSR count). The fourth-order valence-electron chi connectivity index (χ4n) is 6.30. The molecule has 1 atom stereocenters. The number of carbonyl (C=O) groups is 3. The number of hydrogen-bond donors (Lipinski definition) is 1. The van der Waals surface area contributed by atoms with Crippen LogP contribution in [-0.4, -0.2) is 95.7 Å². The Morgan fingerprint density at radius 3 is 2.36 bits per heavy atom. The van der Waals surface area contributed by atoms with E-state index in [1.807, 2.05) is 41.3 Å². The lowest BCUT2D eigenvalue weighted by atomic mass is 10.0. The number of rotatable bonds is 6. The Morgan fingerprint density at radius 2 is 1.62 bits per heavy atom. The lowest BCUT2D eigenvalue weighted by molar-refractivity contribution is -0.141. The molecule has 0 saturated carbocycles. The fraction of sp³-hybridized carbons (Fsp3) is 0.394. The van der Waals surface area contributed by atoms with Gasteiger partial charge in [-0.3, -0.25) is 9.78 Å². The maximum Gasteiger partial charge on any atom is 0.410 e. The number of aromatic nitrogens is 1. The Balaban J connectivity index is 1.08. The zero-order chi connectivity index (χ0) is 31.3. The van der Waals surface area contributed by atoms with Crippen molar-refractivity contribution in [3.8, 4) is 0 Å². The number of ether oxygens (including phenoxy) is 1. The number of hydrogen-bond acceptors (Lipinski definition) is 6. The smallest absolute Gasteiger partial charge is 0.410 e. The number of piperidine rings is 1. The first-order valence-electron chi connectivity index (χ1n) is 15.3. The van der Waals surface area contributed by atoms with Crippen LogP contribution in [0.25, 0.3) is 0 Å². The lowest BCUT2D eigenvalue weighted by Crippen LogP contribution is -2.54. The van der Waals surface area contributed by atoms with Crippen molar-refractivity contribution in [2.75, 3.05) is 56.0 Å². The molecule has 2 fully saturated rings. The number of nitrogens with zero attached hydrogens (tertiary/aromatic N) is 5. The first-order valence-corrected chi connectivity index (χ1v) is 16.1.